The van der Waals surface area contributed by atoms with Crippen molar-refractivity contribution in [1.82, 2.24) is 0 Å². The molecule has 0 aliphatic carbocycles. The van der Waals surface area contributed by atoms with E-state index in [0.29, 0.717) is 6.61 Å². The lowest BCUT2D eigenvalue weighted by Gasteiger charge is -2.38. The highest BCUT2D eigenvalue weighted by atomic mass is 16.9. The summed E-state index contributed by atoms with van der Waals surface area (Å²) in [6, 6.07) is 0. The zero-order valence-corrected chi connectivity index (χ0v) is 10.1. The molecule has 3 fully saturated rings. The molecule has 3 heterocycles. The molecule has 5 nitrogen and oxygen atoms in total. The molecule has 4 atom stereocenters. The van der Waals surface area contributed by atoms with Crippen molar-refractivity contribution in [3.8, 4) is 0 Å². The van der Waals surface area contributed by atoms with Crippen LogP contribution < -0.4 is 0 Å². The second kappa shape index (κ2) is 3.17. The average molecular weight is 230 g/mol. The van der Waals surface area contributed by atoms with Gasteiger partial charge in [-0.15, -0.1) is 0 Å². The van der Waals surface area contributed by atoms with E-state index < -0.39 is 11.6 Å². The molecule has 92 valence electrons. The maximum atomic E-state index is 5.85. The highest BCUT2D eigenvalue weighted by molar-refractivity contribution is 4.96. The first kappa shape index (κ1) is 10.9. The van der Waals surface area contributed by atoms with E-state index in [2.05, 4.69) is 0 Å². The smallest absolute Gasteiger partial charge is 0.190 e. The van der Waals surface area contributed by atoms with Gasteiger partial charge in [0.2, 0.25) is 0 Å². The van der Waals surface area contributed by atoms with Gasteiger partial charge in [-0.25, -0.2) is 0 Å². The van der Waals surface area contributed by atoms with Crippen molar-refractivity contribution in [2.24, 2.45) is 0 Å². The van der Waals surface area contributed by atoms with Crippen molar-refractivity contribution in [3.05, 3.63) is 0 Å². The first-order valence-corrected chi connectivity index (χ1v) is 5.69. The summed E-state index contributed by atoms with van der Waals surface area (Å²) in [6.07, 6.45) is -0.666. The molecule has 0 amide bonds. The van der Waals surface area contributed by atoms with Crippen LogP contribution in [0.1, 0.15) is 27.7 Å². The maximum absolute atomic E-state index is 5.85. The van der Waals surface area contributed by atoms with Crippen molar-refractivity contribution in [3.63, 3.8) is 0 Å². The van der Waals surface area contributed by atoms with E-state index in [0.717, 1.165) is 0 Å². The molecule has 3 aliphatic rings. The minimum Gasteiger partial charge on any atom is -0.348 e. The fraction of sp³-hybridized carbons (Fsp3) is 1.00. The fourth-order valence-electron chi connectivity index (χ4n) is 2.47. The monoisotopic (exact) mass is 230 g/mol. The molecule has 16 heavy (non-hydrogen) atoms. The van der Waals surface area contributed by atoms with E-state index in [9.17, 15) is 0 Å². The molecule has 0 radical (unpaired) electrons. The van der Waals surface area contributed by atoms with Crippen LogP contribution in [0.25, 0.3) is 0 Å². The van der Waals surface area contributed by atoms with Crippen molar-refractivity contribution in [2.45, 2.75) is 63.9 Å². The van der Waals surface area contributed by atoms with Crippen LogP contribution in [0.2, 0.25) is 0 Å². The van der Waals surface area contributed by atoms with Crippen molar-refractivity contribution >= 4 is 0 Å². The lowest BCUT2D eigenvalue weighted by molar-refractivity contribution is -0.319. The Kier molecular flexibility index (Phi) is 2.17. The van der Waals surface area contributed by atoms with Gasteiger partial charge < -0.3 is 23.7 Å². The molecule has 3 saturated heterocycles. The molecule has 0 saturated carbocycles. The Morgan fingerprint density at radius 2 is 1.56 bits per heavy atom. The van der Waals surface area contributed by atoms with Gasteiger partial charge in [0, 0.05) is 0 Å². The summed E-state index contributed by atoms with van der Waals surface area (Å²) in [5, 5.41) is 0. The van der Waals surface area contributed by atoms with Gasteiger partial charge in [-0.05, 0) is 27.7 Å². The van der Waals surface area contributed by atoms with E-state index >= 15 is 0 Å². The minimum atomic E-state index is -0.591. The Labute approximate surface area is 94.9 Å². The zero-order chi connectivity index (χ0) is 11.6. The third-order valence-corrected chi connectivity index (χ3v) is 3.10. The molecule has 0 bridgehead atoms. The highest BCUT2D eigenvalue weighted by Gasteiger charge is 2.58. The number of rotatable bonds is 0. The van der Waals surface area contributed by atoms with Crippen LogP contribution in [0.5, 0.6) is 0 Å². The Morgan fingerprint density at radius 3 is 2.31 bits per heavy atom. The molecule has 0 aromatic heterocycles. The maximum Gasteiger partial charge on any atom is 0.190 e. The van der Waals surface area contributed by atoms with Crippen LogP contribution in [-0.4, -0.2) is 42.8 Å². The lowest BCUT2D eigenvalue weighted by Crippen LogP contribution is -2.50. The lowest BCUT2D eigenvalue weighted by atomic mass is 10.1. The van der Waals surface area contributed by atoms with E-state index in [4.69, 9.17) is 23.7 Å². The predicted octanol–water partition coefficient (Wildman–Crippen LogP) is 1.01. The molecule has 0 aromatic carbocycles. The molecule has 0 spiro atoms. The fourth-order valence-corrected chi connectivity index (χ4v) is 2.47. The van der Waals surface area contributed by atoms with Gasteiger partial charge in [-0.2, -0.15) is 0 Å². The topological polar surface area (TPSA) is 46.2 Å². The third kappa shape index (κ3) is 1.67. The molecule has 3 aliphatic heterocycles. The third-order valence-electron chi connectivity index (χ3n) is 3.10. The number of hydrogen-bond acceptors (Lipinski definition) is 5. The first-order valence-electron chi connectivity index (χ1n) is 5.69. The van der Waals surface area contributed by atoms with Crippen LogP contribution in [0.4, 0.5) is 0 Å². The van der Waals surface area contributed by atoms with Crippen LogP contribution in [-0.2, 0) is 23.7 Å². The molecule has 0 unspecified atom stereocenters. The summed E-state index contributed by atoms with van der Waals surface area (Å²) in [4.78, 5) is 0. The summed E-state index contributed by atoms with van der Waals surface area (Å²) in [7, 11) is 0. The van der Waals surface area contributed by atoms with Gasteiger partial charge in [-0.3, -0.25) is 0 Å². The van der Waals surface area contributed by atoms with Crippen LogP contribution in [0, 0.1) is 0 Å². The number of ether oxygens (including phenoxy) is 5. The van der Waals surface area contributed by atoms with E-state index in [1.54, 1.807) is 0 Å². The molecule has 3 rings (SSSR count). The highest BCUT2D eigenvalue weighted by Crippen LogP contribution is 2.42. The normalized spacial score (nSPS) is 48.8. The van der Waals surface area contributed by atoms with Crippen LogP contribution >= 0.6 is 0 Å². The summed E-state index contributed by atoms with van der Waals surface area (Å²) < 4.78 is 28.6. The van der Waals surface area contributed by atoms with Crippen molar-refractivity contribution in [2.75, 3.05) is 6.61 Å². The van der Waals surface area contributed by atoms with Gasteiger partial charge in [0.05, 0.1) is 6.61 Å². The Morgan fingerprint density at radius 1 is 0.875 bits per heavy atom. The number of fused-ring (bicyclic) bond motifs is 3. The summed E-state index contributed by atoms with van der Waals surface area (Å²) in [6.45, 7) is 8.09. The largest absolute Gasteiger partial charge is 0.348 e. The van der Waals surface area contributed by atoms with E-state index in [-0.39, 0.29) is 24.6 Å². The summed E-state index contributed by atoms with van der Waals surface area (Å²) in [5.41, 5.74) is 0. The SMILES string of the molecule is CC1(C)OC[C@H]2O[C@H]3OC(C)(C)O[C@@H]3[C@H]2O1. The van der Waals surface area contributed by atoms with E-state index in [1.165, 1.54) is 0 Å². The molecule has 0 aromatic rings. The quantitative estimate of drug-likeness (QED) is 0.621. The van der Waals surface area contributed by atoms with Gasteiger partial charge in [-0.1, -0.05) is 0 Å². The molecule has 5 heteroatoms. The Balaban J connectivity index is 1.78. The van der Waals surface area contributed by atoms with E-state index in [1.807, 2.05) is 27.7 Å². The van der Waals surface area contributed by atoms with Gasteiger partial charge in [0.1, 0.15) is 18.3 Å². The minimum absolute atomic E-state index is 0.0841. The van der Waals surface area contributed by atoms with Gasteiger partial charge in [0.15, 0.2) is 17.9 Å². The number of hydrogen-bond donors (Lipinski definition) is 0. The van der Waals surface area contributed by atoms with Crippen molar-refractivity contribution < 1.29 is 23.7 Å². The molecular formula is C11H18O5. The second-order valence-corrected chi connectivity index (χ2v) is 5.44. The van der Waals surface area contributed by atoms with Crippen molar-refractivity contribution in [1.29, 1.82) is 0 Å². The standard InChI is InChI=1S/C11H18O5/c1-10(2)12-5-6-7(14-10)8-9(13-6)16-11(3,4)15-8/h6-9H,5H2,1-4H3/t6-,7+,8-,9+/m1/s1. The van der Waals surface area contributed by atoms with Crippen LogP contribution in [0.3, 0.4) is 0 Å². The van der Waals surface area contributed by atoms with Gasteiger partial charge in [0.25, 0.3) is 0 Å². The Bertz CT molecular complexity index is 301. The Hall–Kier alpha value is -0.200. The predicted molar refractivity (Wildman–Crippen MR) is 53.6 cm³/mol. The summed E-state index contributed by atoms with van der Waals surface area (Å²) >= 11 is 0. The molecular weight excluding hydrogens is 212 g/mol. The second-order valence-electron chi connectivity index (χ2n) is 5.44. The zero-order valence-electron chi connectivity index (χ0n) is 10.1. The van der Waals surface area contributed by atoms with Gasteiger partial charge >= 0.3 is 0 Å². The molecule has 0 N–H and O–H groups in total. The summed E-state index contributed by atoms with van der Waals surface area (Å²) in [5.74, 6) is -1.17. The first-order chi connectivity index (χ1) is 7.36. The average Bonchev–Trinajstić information content (AvgIpc) is 2.57. The van der Waals surface area contributed by atoms with Crippen LogP contribution in [0.15, 0.2) is 0 Å².